The molecule has 1 rings (SSSR count). The van der Waals surface area contributed by atoms with Gasteiger partial charge in [0.2, 0.25) is 5.91 Å². The van der Waals surface area contributed by atoms with E-state index in [4.69, 9.17) is 4.74 Å². The van der Waals surface area contributed by atoms with E-state index in [1.807, 2.05) is 0 Å². The number of nitrogens with zero attached hydrogens (tertiary/aromatic N) is 2. The van der Waals surface area contributed by atoms with Crippen LogP contribution in [0.2, 0.25) is 0 Å². The number of nitro groups is 1. The molecule has 1 aromatic carbocycles. The van der Waals surface area contributed by atoms with Crippen LogP contribution in [-0.4, -0.2) is 48.6 Å². The summed E-state index contributed by atoms with van der Waals surface area (Å²) in [4.78, 5) is 21.6. The number of ether oxygens (including phenoxy) is 1. The quantitative estimate of drug-likeness (QED) is 0.454. The van der Waals surface area contributed by atoms with Crippen LogP contribution in [0.1, 0.15) is 20.8 Å². The first-order valence-corrected chi connectivity index (χ1v) is 7.33. The Morgan fingerprint density at radius 2 is 2.00 bits per heavy atom. The van der Waals surface area contributed by atoms with Crippen LogP contribution < -0.4 is 10.1 Å². The van der Waals surface area contributed by atoms with E-state index < -0.39 is 4.92 Å². The summed E-state index contributed by atoms with van der Waals surface area (Å²) >= 11 is 0. The molecular weight excluding hydrogens is 286 g/mol. The monoisotopic (exact) mass is 310 g/mol. The van der Waals surface area contributed by atoms with Gasteiger partial charge in [-0.25, -0.2) is 0 Å². The minimum absolute atomic E-state index is 0.0627. The molecule has 0 heterocycles. The number of non-ortho nitro benzene ring substituents is 1. The number of likely N-dealkylation sites (N-methyl/N-ethyl adjacent to an activating group) is 1. The maximum absolute atomic E-state index is 11.2. The number of amides is 1. The molecule has 0 bridgehead atoms. The maximum Gasteiger partial charge on any atom is 0.273 e. The fourth-order valence-electron chi connectivity index (χ4n) is 1.95. The van der Waals surface area contributed by atoms with Crippen molar-refractivity contribution in [1.82, 2.24) is 0 Å². The SMILES string of the molecule is CC[N+](C)(CC)CCOc1cc([N+](=O)[O-])ccc1NC(C)=O. The third kappa shape index (κ3) is 5.00. The van der Waals surface area contributed by atoms with Crippen molar-refractivity contribution < 1.29 is 18.9 Å². The van der Waals surface area contributed by atoms with Gasteiger partial charge in [-0.15, -0.1) is 0 Å². The fourth-order valence-corrected chi connectivity index (χ4v) is 1.95. The van der Waals surface area contributed by atoms with Gasteiger partial charge in [0.1, 0.15) is 18.9 Å². The average molecular weight is 310 g/mol. The number of nitro benzene ring substituents is 1. The molecule has 0 saturated carbocycles. The van der Waals surface area contributed by atoms with Gasteiger partial charge in [-0.05, 0) is 19.9 Å². The predicted molar refractivity (Wildman–Crippen MR) is 85.0 cm³/mol. The molecule has 0 aliphatic heterocycles. The van der Waals surface area contributed by atoms with Crippen LogP contribution in [0.5, 0.6) is 5.75 Å². The van der Waals surface area contributed by atoms with Crippen LogP contribution in [0.3, 0.4) is 0 Å². The standard InChI is InChI=1S/C15H23N3O4/c1-5-18(4,6-2)9-10-22-15-11-13(17(20)21)7-8-14(15)16-12(3)19/h7-8,11H,5-6,9-10H2,1-4H3/p+1. The van der Waals surface area contributed by atoms with Crippen LogP contribution in [0.25, 0.3) is 0 Å². The summed E-state index contributed by atoms with van der Waals surface area (Å²) in [6.45, 7) is 8.77. The minimum Gasteiger partial charge on any atom is -0.485 e. The van der Waals surface area contributed by atoms with E-state index in [9.17, 15) is 14.9 Å². The summed E-state index contributed by atoms with van der Waals surface area (Å²) in [5.41, 5.74) is 0.382. The van der Waals surface area contributed by atoms with Crippen molar-refractivity contribution in [2.24, 2.45) is 0 Å². The molecule has 7 nitrogen and oxygen atoms in total. The smallest absolute Gasteiger partial charge is 0.273 e. The molecule has 0 radical (unpaired) electrons. The zero-order valence-electron chi connectivity index (χ0n) is 13.6. The zero-order chi connectivity index (χ0) is 16.8. The fraction of sp³-hybridized carbons (Fsp3) is 0.533. The van der Waals surface area contributed by atoms with Crippen molar-refractivity contribution in [3.05, 3.63) is 28.3 Å². The number of nitrogens with one attached hydrogen (secondary N) is 1. The summed E-state index contributed by atoms with van der Waals surface area (Å²) < 4.78 is 6.55. The number of hydrogen-bond donors (Lipinski definition) is 1. The lowest BCUT2D eigenvalue weighted by Crippen LogP contribution is -2.46. The molecule has 122 valence electrons. The third-order valence-corrected chi connectivity index (χ3v) is 3.90. The molecule has 0 fully saturated rings. The Bertz CT molecular complexity index is 542. The van der Waals surface area contributed by atoms with E-state index in [1.54, 1.807) is 0 Å². The lowest BCUT2D eigenvalue weighted by Gasteiger charge is -2.31. The summed E-state index contributed by atoms with van der Waals surface area (Å²) in [7, 11) is 2.13. The second kappa shape index (κ2) is 7.74. The molecule has 0 aromatic heterocycles. The molecule has 1 aromatic rings. The van der Waals surface area contributed by atoms with Gasteiger partial charge in [0.15, 0.2) is 0 Å². The number of quaternary nitrogens is 1. The highest BCUT2D eigenvalue weighted by Gasteiger charge is 2.18. The number of benzene rings is 1. The first-order chi connectivity index (χ1) is 10.3. The van der Waals surface area contributed by atoms with Crippen LogP contribution in [0.15, 0.2) is 18.2 Å². The van der Waals surface area contributed by atoms with Gasteiger partial charge in [-0.2, -0.15) is 0 Å². The van der Waals surface area contributed by atoms with Crippen molar-refractivity contribution >= 4 is 17.3 Å². The molecule has 0 saturated heterocycles. The Kier molecular flexibility index (Phi) is 6.30. The lowest BCUT2D eigenvalue weighted by atomic mass is 10.2. The number of carbonyl (C=O) groups is 1. The first kappa shape index (κ1) is 17.9. The van der Waals surface area contributed by atoms with Gasteiger partial charge in [0, 0.05) is 13.0 Å². The van der Waals surface area contributed by atoms with E-state index in [0.29, 0.717) is 18.0 Å². The molecule has 7 heteroatoms. The molecule has 1 amide bonds. The Balaban J connectivity index is 2.87. The van der Waals surface area contributed by atoms with Gasteiger partial charge in [0.05, 0.1) is 36.8 Å². The summed E-state index contributed by atoms with van der Waals surface area (Å²) in [5, 5.41) is 13.5. The lowest BCUT2D eigenvalue weighted by molar-refractivity contribution is -0.906. The molecule has 22 heavy (non-hydrogen) atoms. The van der Waals surface area contributed by atoms with Crippen LogP contribution in [0, 0.1) is 10.1 Å². The van der Waals surface area contributed by atoms with Crippen molar-refractivity contribution in [2.45, 2.75) is 20.8 Å². The van der Waals surface area contributed by atoms with Crippen LogP contribution in [0.4, 0.5) is 11.4 Å². The first-order valence-electron chi connectivity index (χ1n) is 7.33. The Morgan fingerprint density at radius 1 is 1.36 bits per heavy atom. The number of carbonyl (C=O) groups excluding carboxylic acids is 1. The number of anilines is 1. The zero-order valence-corrected chi connectivity index (χ0v) is 13.6. The predicted octanol–water partition coefficient (Wildman–Crippen LogP) is 2.42. The topological polar surface area (TPSA) is 81.5 Å². The second-order valence-electron chi connectivity index (χ2n) is 5.44. The molecule has 0 unspecified atom stereocenters. The van der Waals surface area contributed by atoms with Gasteiger partial charge >= 0.3 is 0 Å². The van der Waals surface area contributed by atoms with E-state index >= 15 is 0 Å². The van der Waals surface area contributed by atoms with Gasteiger partial charge in [-0.3, -0.25) is 14.9 Å². The Labute approximate surface area is 130 Å². The molecule has 0 atom stereocenters. The van der Waals surface area contributed by atoms with E-state index in [2.05, 4.69) is 26.2 Å². The van der Waals surface area contributed by atoms with Gasteiger partial charge in [0.25, 0.3) is 5.69 Å². The van der Waals surface area contributed by atoms with Crippen LogP contribution in [-0.2, 0) is 4.79 Å². The van der Waals surface area contributed by atoms with Crippen molar-refractivity contribution in [2.75, 3.05) is 38.6 Å². The van der Waals surface area contributed by atoms with Crippen molar-refractivity contribution in [1.29, 1.82) is 0 Å². The Hall–Kier alpha value is -2.15. The van der Waals surface area contributed by atoms with E-state index in [0.717, 1.165) is 24.1 Å². The highest BCUT2D eigenvalue weighted by atomic mass is 16.6. The van der Waals surface area contributed by atoms with E-state index in [1.165, 1.54) is 25.1 Å². The van der Waals surface area contributed by atoms with Crippen molar-refractivity contribution in [3.8, 4) is 5.75 Å². The highest BCUT2D eigenvalue weighted by molar-refractivity contribution is 5.90. The minimum atomic E-state index is -0.483. The van der Waals surface area contributed by atoms with E-state index in [-0.39, 0.29) is 11.6 Å². The normalized spacial score (nSPS) is 11.1. The average Bonchev–Trinajstić information content (AvgIpc) is 2.47. The Morgan fingerprint density at radius 3 is 2.50 bits per heavy atom. The summed E-state index contributed by atoms with van der Waals surface area (Å²) in [5.74, 6) is 0.0737. The molecule has 0 spiro atoms. The third-order valence-electron chi connectivity index (χ3n) is 3.90. The van der Waals surface area contributed by atoms with Gasteiger partial charge < -0.3 is 14.5 Å². The largest absolute Gasteiger partial charge is 0.485 e. The van der Waals surface area contributed by atoms with Gasteiger partial charge in [-0.1, -0.05) is 0 Å². The molecule has 0 aliphatic rings. The molecule has 0 aliphatic carbocycles. The second-order valence-corrected chi connectivity index (χ2v) is 5.44. The summed E-state index contributed by atoms with van der Waals surface area (Å²) in [6, 6.07) is 4.17. The highest BCUT2D eigenvalue weighted by Crippen LogP contribution is 2.29. The maximum atomic E-state index is 11.2. The number of hydrogen-bond acceptors (Lipinski definition) is 4. The van der Waals surface area contributed by atoms with Crippen LogP contribution >= 0.6 is 0 Å². The summed E-state index contributed by atoms with van der Waals surface area (Å²) in [6.07, 6.45) is 0. The molecular formula is C15H24N3O4+. The number of rotatable bonds is 8. The van der Waals surface area contributed by atoms with Crippen molar-refractivity contribution in [3.63, 3.8) is 0 Å². The molecule has 1 N–H and O–H groups in total.